The van der Waals surface area contributed by atoms with Crippen molar-refractivity contribution in [3.05, 3.63) is 188 Å². The summed E-state index contributed by atoms with van der Waals surface area (Å²) in [5.41, 5.74) is 3.07. The fourth-order valence-electron chi connectivity index (χ4n) is 6.82. The number of fused-ring (bicyclic) bond motifs is 9. The van der Waals surface area contributed by atoms with Gasteiger partial charge in [0.05, 0.1) is 10.6 Å². The summed E-state index contributed by atoms with van der Waals surface area (Å²) < 4.78 is 68.3. The number of rotatable bonds is 2. The average molecular weight is 928 g/mol. The predicted molar refractivity (Wildman–Crippen MR) is 250 cm³/mol. The molecule has 0 spiro atoms. The second-order valence-corrected chi connectivity index (χ2v) is 18.4. The maximum atomic E-state index is 13.7. The fourth-order valence-corrected chi connectivity index (χ4v) is 11.3. The van der Waals surface area contributed by atoms with E-state index >= 15 is 0 Å². The monoisotopic (exact) mass is 927 g/mol. The lowest BCUT2D eigenvalue weighted by atomic mass is 10.0. The Bertz CT molecular complexity index is 3330. The zero-order chi connectivity index (χ0) is 45.9. The van der Waals surface area contributed by atoms with Gasteiger partial charge in [0.25, 0.3) is 0 Å². The van der Waals surface area contributed by atoms with Crippen LogP contribution < -0.4 is 15.1 Å². The molecule has 0 saturated carbocycles. The Morgan fingerprint density at radius 2 is 0.969 bits per heavy atom. The van der Waals surface area contributed by atoms with Crippen molar-refractivity contribution in [2.45, 2.75) is 0 Å². The topological polar surface area (TPSA) is 199 Å². The van der Waals surface area contributed by atoms with Crippen molar-refractivity contribution >= 4 is 96.5 Å². The number of carbonyl (C=O) groups is 2. The number of hydrogen-bond donors (Lipinski definition) is 3. The van der Waals surface area contributed by atoms with Crippen molar-refractivity contribution < 1.29 is 55.9 Å². The molecule has 0 fully saturated rings. The summed E-state index contributed by atoms with van der Waals surface area (Å²) in [6.07, 6.45) is 5.01. The third-order valence-corrected chi connectivity index (χ3v) is 14.4. The van der Waals surface area contributed by atoms with Gasteiger partial charge in [0.1, 0.15) is 17.2 Å². The van der Waals surface area contributed by atoms with Crippen LogP contribution in [0, 0.1) is 0 Å². The van der Waals surface area contributed by atoms with Crippen molar-refractivity contribution in [1.29, 1.82) is 1.43 Å². The van der Waals surface area contributed by atoms with Gasteiger partial charge in [-0.15, -0.1) is 0 Å². The minimum absolute atomic E-state index is 0.0760. The molecular weight excluding hydrogens is 892 g/mol. The number of hydrogen-bond acceptors (Lipinski definition) is 12. The predicted octanol–water partition coefficient (Wildman–Crippen LogP) is 12.5. The Morgan fingerprint density at radius 3 is 1.50 bits per heavy atom. The maximum absolute atomic E-state index is 13.7. The third kappa shape index (κ3) is 9.88. The van der Waals surface area contributed by atoms with Crippen LogP contribution in [0.4, 0.5) is 0 Å². The summed E-state index contributed by atoms with van der Waals surface area (Å²) in [7, 11) is -7.64. The van der Waals surface area contributed by atoms with E-state index in [1.165, 1.54) is 42.5 Å². The Labute approximate surface area is 368 Å². The molecule has 12 nitrogen and oxygen atoms in total. The quantitative estimate of drug-likeness (QED) is 0.0642. The van der Waals surface area contributed by atoms with E-state index in [2.05, 4.69) is 4.90 Å². The zero-order valence-electron chi connectivity index (χ0n) is 34.2. The normalized spacial score (nSPS) is 15.1. The van der Waals surface area contributed by atoms with E-state index < -0.39 is 31.4 Å². The molecule has 9 aromatic rings. The van der Waals surface area contributed by atoms with Gasteiger partial charge in [-0.25, -0.2) is 13.0 Å². The molecule has 7 aromatic carbocycles. The highest BCUT2D eigenvalue weighted by atomic mass is 31.2. The fraction of sp³-hybridized carbons (Fsp3) is 0. The molecule has 3 unspecified atom stereocenters. The van der Waals surface area contributed by atoms with Gasteiger partial charge < -0.3 is 19.6 Å². The van der Waals surface area contributed by atoms with Gasteiger partial charge in [0.15, 0.2) is 22.7 Å². The van der Waals surface area contributed by atoms with Crippen LogP contribution in [0.2, 0.25) is 0 Å². The summed E-state index contributed by atoms with van der Waals surface area (Å²) in [6.45, 7) is 0. The summed E-state index contributed by atoms with van der Waals surface area (Å²) in [6, 6.07) is 49.2. The molecule has 316 valence electrons. The highest BCUT2D eigenvalue weighted by molar-refractivity contribution is 7.75. The first-order valence-electron chi connectivity index (χ1n) is 19.5. The molecule has 3 N–H and O–H groups in total. The Kier molecular flexibility index (Phi) is 13.8. The van der Waals surface area contributed by atoms with Crippen LogP contribution in [0.15, 0.2) is 196 Å². The molecule has 2 aliphatic rings. The lowest BCUT2D eigenvalue weighted by Gasteiger charge is -2.29. The van der Waals surface area contributed by atoms with E-state index in [-0.39, 0.29) is 28.4 Å². The van der Waals surface area contributed by atoms with Gasteiger partial charge in [-0.2, -0.15) is 0 Å². The second kappa shape index (κ2) is 20.4. The Hall–Kier alpha value is -7.15. The van der Waals surface area contributed by atoms with Crippen LogP contribution in [-0.4, -0.2) is 28.1 Å². The van der Waals surface area contributed by atoms with Gasteiger partial charge in [-0.05, 0) is 106 Å². The van der Waals surface area contributed by atoms with Crippen LogP contribution in [0.1, 0.15) is 0 Å². The first kappa shape index (κ1) is 43.5. The van der Waals surface area contributed by atoms with Gasteiger partial charge in [0.2, 0.25) is 11.7 Å². The van der Waals surface area contributed by atoms with E-state index in [0.29, 0.717) is 22.2 Å². The lowest BCUT2D eigenvalue weighted by molar-refractivity contribution is -0.113. The highest BCUT2D eigenvalue weighted by Gasteiger charge is 2.39. The number of aromatic hydroxyl groups is 2. The lowest BCUT2D eigenvalue weighted by Crippen LogP contribution is -2.25. The molecule has 0 bridgehead atoms. The number of para-hydroxylation sites is 3. The first-order valence-corrected chi connectivity index (χ1v) is 23.8. The summed E-state index contributed by atoms with van der Waals surface area (Å²) in [5.74, 6) is 0.0137. The van der Waals surface area contributed by atoms with E-state index in [1.54, 1.807) is 24.3 Å². The molecule has 3 heterocycles. The van der Waals surface area contributed by atoms with Crippen LogP contribution in [-0.2, 0) is 27.8 Å². The molecule has 0 radical (unpaired) electrons. The second-order valence-electron chi connectivity index (χ2n) is 13.6. The largest absolute Gasteiger partial charge is 0.597 e. The average Bonchev–Trinajstić information content (AvgIpc) is 3.34. The minimum Gasteiger partial charge on any atom is -0.508 e. The number of ketones is 2. The highest BCUT2D eigenvalue weighted by Crippen LogP contribution is 2.55. The Balaban J connectivity index is 0.000000132. The first-order chi connectivity index (χ1) is 31.5. The van der Waals surface area contributed by atoms with Crippen molar-refractivity contribution in [2.24, 2.45) is 0 Å². The van der Waals surface area contributed by atoms with Crippen LogP contribution >= 0.6 is 31.4 Å². The summed E-state index contributed by atoms with van der Waals surface area (Å²) in [4.78, 5) is 23.8. The number of benzene rings is 7. The number of phenols is 2. The van der Waals surface area contributed by atoms with E-state index in [4.69, 9.17) is 18.9 Å². The van der Waals surface area contributed by atoms with Crippen molar-refractivity contribution in [3.8, 4) is 28.4 Å². The third-order valence-electron chi connectivity index (χ3n) is 9.64. The molecule has 0 saturated heterocycles. The molecular formula is C48H34O12P4+2. The Morgan fingerprint density at radius 1 is 0.531 bits per heavy atom. The summed E-state index contributed by atoms with van der Waals surface area (Å²) in [5, 5.41) is 26.1. The zero-order valence-corrected chi connectivity index (χ0v) is 36.7. The molecule has 0 amide bonds. The van der Waals surface area contributed by atoms with Crippen molar-refractivity contribution in [3.63, 3.8) is 0 Å². The van der Waals surface area contributed by atoms with Crippen molar-refractivity contribution in [2.75, 3.05) is 0 Å². The van der Waals surface area contributed by atoms with Gasteiger partial charge in [-0.3, -0.25) is 14.2 Å². The molecule has 16 heteroatoms. The maximum Gasteiger partial charge on any atom is 0.597 e. The smallest absolute Gasteiger partial charge is 0.508 e. The molecule has 11 rings (SSSR count). The standard InChI is InChI=1S/C18H13O4P.2C12H8O2P.C6H4O2.HO2P/c19-12-9-10-15(20)18(11-12)23(21)17-8-4-2-6-14(17)13-5-1-3-7-16(13)22-23;2*13-15-12-8-4-2-6-10(12)9-5-1-3-7-11(9)14-15;7-5-1-2-6(8)4-3-5;1-3-2/h1-11,19-20H;2*1-8H;1-4H;(H,1,2)/q;2*+1;;/i/hD. The number of carbonyl (C=O) groups excluding carboxylic acids is 2. The minimum atomic E-state index is -3.56. The van der Waals surface area contributed by atoms with Crippen LogP contribution in [0.3, 0.4) is 0 Å². The van der Waals surface area contributed by atoms with E-state index in [0.717, 1.165) is 42.9 Å². The summed E-state index contributed by atoms with van der Waals surface area (Å²) >= 11 is 0. The SMILES string of the molecule is O=C1C=CC(=O)C=C1.O=P1(c2cc(O)ccc2O)Oc2ccccc2-c2ccccc21.O=[p+]1oc2ccccc2c2ccccc21.O=[p+]1oc2ccccc2c2ccccc21.[2H]OP=O. The molecule has 1 aliphatic carbocycles. The molecule has 1 aliphatic heterocycles. The van der Waals surface area contributed by atoms with E-state index in [1.807, 2.05) is 121 Å². The van der Waals surface area contributed by atoms with Gasteiger partial charge in [-0.1, -0.05) is 97.1 Å². The molecule has 64 heavy (non-hydrogen) atoms. The van der Waals surface area contributed by atoms with Crippen LogP contribution in [0.5, 0.6) is 17.2 Å². The molecule has 3 atom stereocenters. The van der Waals surface area contributed by atoms with E-state index in [9.17, 15) is 33.5 Å². The van der Waals surface area contributed by atoms with Crippen LogP contribution in [0.25, 0.3) is 54.1 Å². The number of phenolic OH excluding ortho intramolecular Hbond substituents is 2. The number of allylic oxidation sites excluding steroid dienone is 4. The molecule has 2 aromatic heterocycles. The van der Waals surface area contributed by atoms with Gasteiger partial charge >= 0.3 is 31.4 Å². The van der Waals surface area contributed by atoms with Gasteiger partial charge in [0, 0.05) is 27.1 Å². The van der Waals surface area contributed by atoms with Crippen molar-refractivity contribution in [1.82, 2.24) is 0 Å².